The van der Waals surface area contributed by atoms with Gasteiger partial charge in [-0.2, -0.15) is 0 Å². The highest BCUT2D eigenvalue weighted by Crippen LogP contribution is 2.36. The fourth-order valence-electron chi connectivity index (χ4n) is 2.74. The number of benzene rings is 2. The first kappa shape index (κ1) is 19.4. The van der Waals surface area contributed by atoms with E-state index in [2.05, 4.69) is 10.6 Å². The van der Waals surface area contributed by atoms with Gasteiger partial charge >= 0.3 is 13.1 Å². The van der Waals surface area contributed by atoms with Gasteiger partial charge in [0.25, 0.3) is 0 Å². The molecule has 3 rings (SSSR count). The lowest BCUT2D eigenvalue weighted by molar-refractivity contribution is 0.00578. The molecule has 27 heavy (non-hydrogen) atoms. The molecule has 0 aromatic heterocycles. The van der Waals surface area contributed by atoms with E-state index < -0.39 is 18.3 Å². The van der Waals surface area contributed by atoms with E-state index in [1.807, 2.05) is 52.0 Å². The first-order chi connectivity index (χ1) is 12.7. The molecule has 0 bridgehead atoms. The van der Waals surface area contributed by atoms with Crippen LogP contribution in [0.2, 0.25) is 0 Å². The van der Waals surface area contributed by atoms with E-state index >= 15 is 0 Å². The zero-order chi connectivity index (χ0) is 19.7. The summed E-state index contributed by atoms with van der Waals surface area (Å²) < 4.78 is 12.1. The molecule has 1 heterocycles. The Morgan fingerprint density at radius 2 is 1.56 bits per heavy atom. The van der Waals surface area contributed by atoms with Crippen molar-refractivity contribution in [3.63, 3.8) is 0 Å². The van der Waals surface area contributed by atoms with Crippen LogP contribution in [0.15, 0.2) is 48.5 Å². The van der Waals surface area contributed by atoms with Gasteiger partial charge in [0.2, 0.25) is 0 Å². The van der Waals surface area contributed by atoms with Crippen LogP contribution >= 0.6 is 0 Å². The molecule has 2 amide bonds. The van der Waals surface area contributed by atoms with E-state index in [-0.39, 0.29) is 12.6 Å². The number of aliphatic hydroxyl groups excluding tert-OH is 1. The van der Waals surface area contributed by atoms with Crippen molar-refractivity contribution in [1.29, 1.82) is 0 Å². The Labute approximate surface area is 160 Å². The maximum absolute atomic E-state index is 12.2. The van der Waals surface area contributed by atoms with Gasteiger partial charge in [0.15, 0.2) is 0 Å². The summed E-state index contributed by atoms with van der Waals surface area (Å²) in [5.41, 5.74) is 2.13. The van der Waals surface area contributed by atoms with Crippen LogP contribution in [0, 0.1) is 0 Å². The molecule has 0 radical (unpaired) electrons. The Balaban J connectivity index is 1.61. The number of amides is 2. The largest absolute Gasteiger partial charge is 0.494 e. The van der Waals surface area contributed by atoms with E-state index in [1.165, 1.54) is 0 Å². The molecule has 1 aliphatic rings. The van der Waals surface area contributed by atoms with Gasteiger partial charge in [-0.3, -0.25) is 0 Å². The van der Waals surface area contributed by atoms with Crippen molar-refractivity contribution >= 4 is 30.0 Å². The summed E-state index contributed by atoms with van der Waals surface area (Å²) >= 11 is 0. The van der Waals surface area contributed by atoms with Crippen molar-refractivity contribution in [1.82, 2.24) is 0 Å². The number of hydrogen-bond acceptors (Lipinski definition) is 4. The van der Waals surface area contributed by atoms with Crippen molar-refractivity contribution in [2.45, 2.75) is 45.5 Å². The molecule has 0 atom stereocenters. The molecule has 3 N–H and O–H groups in total. The van der Waals surface area contributed by atoms with E-state index in [4.69, 9.17) is 14.4 Å². The third kappa shape index (κ3) is 4.32. The second-order valence-electron chi connectivity index (χ2n) is 7.65. The van der Waals surface area contributed by atoms with Crippen LogP contribution in [0.4, 0.5) is 16.2 Å². The van der Waals surface area contributed by atoms with Gasteiger partial charge in [0.05, 0.1) is 17.8 Å². The SMILES string of the molecule is CC1(C)OB(c2ccc(NC(=O)Nc3cccc(CO)c3)cc2)OC1(C)C. The molecule has 6 nitrogen and oxygen atoms in total. The summed E-state index contributed by atoms with van der Waals surface area (Å²) in [6.07, 6.45) is 0. The monoisotopic (exact) mass is 368 g/mol. The fourth-order valence-corrected chi connectivity index (χ4v) is 2.74. The minimum atomic E-state index is -0.431. The number of carbonyl (C=O) groups excluding carboxylic acids is 1. The van der Waals surface area contributed by atoms with Gasteiger partial charge in [-0.1, -0.05) is 24.3 Å². The standard InChI is InChI=1S/C20H25BN2O4/c1-19(2)20(3,4)27-21(26-19)15-8-10-16(11-9-15)22-18(25)23-17-7-5-6-14(12-17)13-24/h5-12,24H,13H2,1-4H3,(H2,22,23,25). The van der Waals surface area contributed by atoms with Crippen molar-refractivity contribution in [2.24, 2.45) is 0 Å². The molecule has 142 valence electrons. The number of hydrogen-bond donors (Lipinski definition) is 3. The number of nitrogens with one attached hydrogen (secondary N) is 2. The molecular weight excluding hydrogens is 343 g/mol. The van der Waals surface area contributed by atoms with Crippen LogP contribution in [-0.2, 0) is 15.9 Å². The summed E-state index contributed by atoms with van der Waals surface area (Å²) in [6.45, 7) is 7.98. The molecule has 0 unspecified atom stereocenters. The quantitative estimate of drug-likeness (QED) is 0.725. The Morgan fingerprint density at radius 3 is 2.15 bits per heavy atom. The van der Waals surface area contributed by atoms with Gasteiger partial charge in [0.1, 0.15) is 0 Å². The number of urea groups is 1. The molecule has 0 aliphatic carbocycles. The van der Waals surface area contributed by atoms with E-state index in [0.29, 0.717) is 11.4 Å². The Morgan fingerprint density at radius 1 is 0.963 bits per heavy atom. The summed E-state index contributed by atoms with van der Waals surface area (Å²) in [7, 11) is -0.431. The molecule has 0 spiro atoms. The first-order valence-electron chi connectivity index (χ1n) is 8.93. The van der Waals surface area contributed by atoms with Gasteiger partial charge in [-0.05, 0) is 63.0 Å². The molecule has 2 aromatic carbocycles. The van der Waals surface area contributed by atoms with E-state index in [9.17, 15) is 4.79 Å². The summed E-state index contributed by atoms with van der Waals surface area (Å²) in [5, 5.41) is 14.7. The summed E-state index contributed by atoms with van der Waals surface area (Å²) in [4.78, 5) is 12.2. The predicted octanol–water partition coefficient (Wildman–Crippen LogP) is 3.12. The van der Waals surface area contributed by atoms with Gasteiger partial charge in [-0.15, -0.1) is 0 Å². The topological polar surface area (TPSA) is 79.8 Å². The lowest BCUT2D eigenvalue weighted by Gasteiger charge is -2.32. The van der Waals surface area contributed by atoms with Crippen LogP contribution in [0.5, 0.6) is 0 Å². The molecule has 2 aromatic rings. The van der Waals surface area contributed by atoms with E-state index in [1.54, 1.807) is 24.3 Å². The highest BCUT2D eigenvalue weighted by atomic mass is 16.7. The van der Waals surface area contributed by atoms with Crippen molar-refractivity contribution in [3.05, 3.63) is 54.1 Å². The Bertz CT molecular complexity index is 805. The van der Waals surface area contributed by atoms with E-state index in [0.717, 1.165) is 11.0 Å². The highest BCUT2D eigenvalue weighted by molar-refractivity contribution is 6.62. The lowest BCUT2D eigenvalue weighted by Crippen LogP contribution is -2.41. The molecule has 1 aliphatic heterocycles. The maximum Gasteiger partial charge on any atom is 0.494 e. The lowest BCUT2D eigenvalue weighted by atomic mass is 9.79. The summed E-state index contributed by atoms with van der Waals surface area (Å²) in [6, 6.07) is 14.1. The van der Waals surface area contributed by atoms with Crippen molar-refractivity contribution in [3.8, 4) is 0 Å². The second-order valence-corrected chi connectivity index (χ2v) is 7.65. The smallest absolute Gasteiger partial charge is 0.399 e. The number of carbonyl (C=O) groups is 1. The van der Waals surface area contributed by atoms with Crippen molar-refractivity contribution < 1.29 is 19.2 Å². The molecule has 0 saturated carbocycles. The van der Waals surface area contributed by atoms with Crippen LogP contribution in [0.1, 0.15) is 33.3 Å². The summed E-state index contributed by atoms with van der Waals surface area (Å²) in [5.74, 6) is 0. The third-order valence-electron chi connectivity index (χ3n) is 5.06. The maximum atomic E-state index is 12.2. The highest BCUT2D eigenvalue weighted by Gasteiger charge is 2.51. The number of rotatable bonds is 4. The fraction of sp³-hybridized carbons (Fsp3) is 0.350. The average molecular weight is 368 g/mol. The van der Waals surface area contributed by atoms with Gasteiger partial charge in [0, 0.05) is 11.4 Å². The zero-order valence-electron chi connectivity index (χ0n) is 16.1. The Kier molecular flexibility index (Phi) is 5.28. The third-order valence-corrected chi connectivity index (χ3v) is 5.06. The minimum Gasteiger partial charge on any atom is -0.399 e. The van der Waals surface area contributed by atoms with Crippen LogP contribution in [0.3, 0.4) is 0 Å². The first-order valence-corrected chi connectivity index (χ1v) is 8.93. The van der Waals surface area contributed by atoms with Crippen LogP contribution < -0.4 is 16.1 Å². The molecule has 1 fully saturated rings. The van der Waals surface area contributed by atoms with Crippen molar-refractivity contribution in [2.75, 3.05) is 10.6 Å². The number of anilines is 2. The minimum absolute atomic E-state index is 0.0719. The second kappa shape index (κ2) is 7.35. The molecule has 7 heteroatoms. The zero-order valence-corrected chi connectivity index (χ0v) is 16.1. The Hall–Kier alpha value is -2.35. The van der Waals surface area contributed by atoms with Gasteiger partial charge in [-0.25, -0.2) is 4.79 Å². The van der Waals surface area contributed by atoms with Gasteiger partial charge < -0.3 is 25.0 Å². The average Bonchev–Trinajstić information content (AvgIpc) is 2.83. The molecule has 1 saturated heterocycles. The molecular formula is C20H25BN2O4. The number of aliphatic hydroxyl groups is 1. The normalized spacial score (nSPS) is 17.6. The predicted molar refractivity (Wildman–Crippen MR) is 107 cm³/mol. The van der Waals surface area contributed by atoms with Crippen LogP contribution in [-0.4, -0.2) is 29.5 Å². The van der Waals surface area contributed by atoms with Crippen LogP contribution in [0.25, 0.3) is 0 Å².